The Bertz CT molecular complexity index is 1400. The number of aromatic nitrogens is 2. The average molecular weight is 378 g/mol. The molecular formula is C26H24N3+. The van der Waals surface area contributed by atoms with Gasteiger partial charge in [-0.2, -0.15) is 0 Å². The van der Waals surface area contributed by atoms with E-state index in [9.17, 15) is 0 Å². The lowest BCUT2D eigenvalue weighted by Crippen LogP contribution is -2.35. The van der Waals surface area contributed by atoms with Crippen molar-refractivity contribution in [3.8, 4) is 11.3 Å². The molecule has 0 aliphatic carbocycles. The molecule has 0 spiro atoms. The number of nitrogens with zero attached hydrogens (tertiary/aromatic N) is 3. The Labute approximate surface area is 170 Å². The number of hydrogen-bond donors (Lipinski definition) is 0. The zero-order valence-corrected chi connectivity index (χ0v) is 17.3. The van der Waals surface area contributed by atoms with Crippen LogP contribution in [-0.4, -0.2) is 19.2 Å². The molecule has 0 saturated heterocycles. The van der Waals surface area contributed by atoms with Crippen molar-refractivity contribution in [1.82, 2.24) is 5.10 Å². The molecule has 0 N–H and O–H groups in total. The maximum atomic E-state index is 4.90. The first-order chi connectivity index (χ1) is 14.0. The SMILES string of the molecule is Cc1c(-c2cc3cc4ccccc4cc3n[n+]2C)cc(N(C)C)c2ccccc12. The highest BCUT2D eigenvalue weighted by Gasteiger charge is 2.20. The standard InChI is InChI=1S/C26H24N3/c1-17-21-11-7-8-12-22(21)25(28(2)3)16-23(17)26-15-20-13-18-9-5-6-10-19(18)14-24(20)27-29(26)4/h5-16H,1-4H3/q+1. The lowest BCUT2D eigenvalue weighted by Gasteiger charge is -2.19. The van der Waals surface area contributed by atoms with Gasteiger partial charge in [-0.1, -0.05) is 53.2 Å². The minimum atomic E-state index is 1.02. The van der Waals surface area contributed by atoms with Crippen molar-refractivity contribution in [2.24, 2.45) is 7.05 Å². The first kappa shape index (κ1) is 17.6. The van der Waals surface area contributed by atoms with Gasteiger partial charge in [0.25, 0.3) is 0 Å². The second-order valence-electron chi connectivity index (χ2n) is 7.92. The number of benzene rings is 4. The van der Waals surface area contributed by atoms with Crippen LogP contribution in [-0.2, 0) is 7.05 Å². The van der Waals surface area contributed by atoms with Crippen molar-refractivity contribution in [3.63, 3.8) is 0 Å². The van der Waals surface area contributed by atoms with Crippen LogP contribution in [0.1, 0.15) is 5.56 Å². The van der Waals surface area contributed by atoms with Crippen molar-refractivity contribution in [2.45, 2.75) is 6.92 Å². The molecule has 0 atom stereocenters. The molecule has 1 aromatic heterocycles. The van der Waals surface area contributed by atoms with Gasteiger partial charge in [-0.3, -0.25) is 0 Å². The molecule has 5 aromatic rings. The molecule has 0 amide bonds. The predicted molar refractivity (Wildman–Crippen MR) is 122 cm³/mol. The Morgan fingerprint density at radius 2 is 1.41 bits per heavy atom. The van der Waals surface area contributed by atoms with Crippen LogP contribution in [0, 0.1) is 6.92 Å². The van der Waals surface area contributed by atoms with Crippen molar-refractivity contribution in [2.75, 3.05) is 19.0 Å². The fraction of sp³-hybridized carbons (Fsp3) is 0.154. The Kier molecular flexibility index (Phi) is 3.99. The summed E-state index contributed by atoms with van der Waals surface area (Å²) in [6.07, 6.45) is 0. The molecule has 0 aliphatic rings. The van der Waals surface area contributed by atoms with E-state index in [1.807, 2.05) is 11.7 Å². The monoisotopic (exact) mass is 378 g/mol. The Hall–Kier alpha value is -3.46. The van der Waals surface area contributed by atoms with Crippen molar-refractivity contribution in [1.29, 1.82) is 0 Å². The van der Waals surface area contributed by atoms with Crippen LogP contribution in [0.2, 0.25) is 0 Å². The molecule has 0 unspecified atom stereocenters. The molecule has 1 heterocycles. The largest absolute Gasteiger partial charge is 0.377 e. The second-order valence-corrected chi connectivity index (χ2v) is 7.92. The van der Waals surface area contributed by atoms with E-state index < -0.39 is 0 Å². The van der Waals surface area contributed by atoms with Crippen molar-refractivity contribution < 1.29 is 4.68 Å². The van der Waals surface area contributed by atoms with E-state index in [-0.39, 0.29) is 0 Å². The highest BCUT2D eigenvalue weighted by atomic mass is 15.2. The molecule has 142 valence electrons. The lowest BCUT2D eigenvalue weighted by atomic mass is 9.95. The van der Waals surface area contributed by atoms with E-state index >= 15 is 0 Å². The third-order valence-corrected chi connectivity index (χ3v) is 5.84. The summed E-state index contributed by atoms with van der Waals surface area (Å²) in [5.41, 5.74) is 5.86. The summed E-state index contributed by atoms with van der Waals surface area (Å²) >= 11 is 0. The van der Waals surface area contributed by atoms with Crippen LogP contribution in [0.25, 0.3) is 43.7 Å². The zero-order chi connectivity index (χ0) is 20.1. The summed E-state index contributed by atoms with van der Waals surface area (Å²) in [6, 6.07) is 26.1. The fourth-order valence-corrected chi connectivity index (χ4v) is 4.29. The number of anilines is 1. The Morgan fingerprint density at radius 1 is 0.759 bits per heavy atom. The van der Waals surface area contributed by atoms with E-state index in [1.165, 1.54) is 38.4 Å². The van der Waals surface area contributed by atoms with Gasteiger partial charge in [0.15, 0.2) is 7.05 Å². The van der Waals surface area contributed by atoms with E-state index in [0.717, 1.165) is 16.6 Å². The molecule has 4 aromatic carbocycles. The molecule has 0 saturated carbocycles. The van der Waals surface area contributed by atoms with E-state index in [4.69, 9.17) is 5.10 Å². The number of fused-ring (bicyclic) bond motifs is 3. The molecule has 29 heavy (non-hydrogen) atoms. The summed E-state index contributed by atoms with van der Waals surface area (Å²) in [5, 5.41) is 11.1. The first-order valence-corrected chi connectivity index (χ1v) is 9.93. The quantitative estimate of drug-likeness (QED) is 0.302. The minimum Gasteiger partial charge on any atom is -0.377 e. The number of aryl methyl sites for hydroxylation is 2. The first-order valence-electron chi connectivity index (χ1n) is 9.93. The van der Waals surface area contributed by atoms with Gasteiger partial charge >= 0.3 is 0 Å². The fourth-order valence-electron chi connectivity index (χ4n) is 4.29. The molecule has 3 heteroatoms. The van der Waals surface area contributed by atoms with Crippen LogP contribution in [0.15, 0.2) is 72.8 Å². The van der Waals surface area contributed by atoms with Crippen LogP contribution >= 0.6 is 0 Å². The van der Waals surface area contributed by atoms with Crippen LogP contribution in [0.4, 0.5) is 5.69 Å². The Balaban J connectivity index is 1.83. The van der Waals surface area contributed by atoms with Gasteiger partial charge in [0, 0.05) is 41.7 Å². The third kappa shape index (κ3) is 2.82. The zero-order valence-electron chi connectivity index (χ0n) is 17.3. The highest BCUT2D eigenvalue weighted by molar-refractivity contribution is 6.01. The average Bonchev–Trinajstić information content (AvgIpc) is 2.72. The summed E-state index contributed by atoms with van der Waals surface area (Å²) in [4.78, 5) is 2.19. The van der Waals surface area contributed by atoms with Gasteiger partial charge in [0.1, 0.15) is 5.52 Å². The summed E-state index contributed by atoms with van der Waals surface area (Å²) in [5.74, 6) is 0. The van der Waals surface area contributed by atoms with Crippen LogP contribution in [0.3, 0.4) is 0 Å². The van der Waals surface area contributed by atoms with Gasteiger partial charge in [-0.15, -0.1) is 0 Å². The minimum absolute atomic E-state index is 1.02. The molecule has 0 fully saturated rings. The van der Waals surface area contributed by atoms with Gasteiger partial charge in [-0.05, 0) is 46.8 Å². The maximum Gasteiger partial charge on any atom is 0.239 e. The summed E-state index contributed by atoms with van der Waals surface area (Å²) < 4.78 is 2.01. The normalized spacial score (nSPS) is 11.4. The van der Waals surface area contributed by atoms with Crippen molar-refractivity contribution in [3.05, 3.63) is 78.4 Å². The number of hydrogen-bond acceptors (Lipinski definition) is 2. The molecule has 5 rings (SSSR count). The van der Waals surface area contributed by atoms with Gasteiger partial charge in [0.05, 0.1) is 5.56 Å². The topological polar surface area (TPSA) is 20.0 Å². The lowest BCUT2D eigenvalue weighted by molar-refractivity contribution is -0.717. The molecular weight excluding hydrogens is 354 g/mol. The van der Waals surface area contributed by atoms with Gasteiger partial charge < -0.3 is 4.90 Å². The highest BCUT2D eigenvalue weighted by Crippen LogP contribution is 2.36. The molecule has 0 bridgehead atoms. The van der Waals surface area contributed by atoms with Gasteiger partial charge in [0.2, 0.25) is 5.69 Å². The smallest absolute Gasteiger partial charge is 0.239 e. The van der Waals surface area contributed by atoms with Crippen LogP contribution in [0.5, 0.6) is 0 Å². The second kappa shape index (κ2) is 6.56. The van der Waals surface area contributed by atoms with Crippen molar-refractivity contribution >= 4 is 38.1 Å². The van der Waals surface area contributed by atoms with E-state index in [0.29, 0.717) is 0 Å². The molecule has 0 radical (unpaired) electrons. The van der Waals surface area contributed by atoms with E-state index in [1.54, 1.807) is 0 Å². The number of rotatable bonds is 2. The predicted octanol–water partition coefficient (Wildman–Crippen LogP) is 5.41. The van der Waals surface area contributed by atoms with Crippen LogP contribution < -0.4 is 9.58 Å². The maximum absolute atomic E-state index is 4.90. The van der Waals surface area contributed by atoms with Gasteiger partial charge in [-0.25, -0.2) is 0 Å². The summed E-state index contributed by atoms with van der Waals surface area (Å²) in [6.45, 7) is 2.21. The Morgan fingerprint density at radius 3 is 2.14 bits per heavy atom. The molecule has 3 nitrogen and oxygen atoms in total. The third-order valence-electron chi connectivity index (χ3n) is 5.84. The summed E-state index contributed by atoms with van der Waals surface area (Å²) in [7, 11) is 6.24. The van der Waals surface area contributed by atoms with E-state index in [2.05, 4.69) is 98.7 Å². The molecule has 0 aliphatic heterocycles.